The summed E-state index contributed by atoms with van der Waals surface area (Å²) in [4.78, 5) is 12.7. The molecule has 0 aliphatic heterocycles. The van der Waals surface area contributed by atoms with E-state index in [1.807, 2.05) is 36.4 Å². The maximum absolute atomic E-state index is 12.7. The van der Waals surface area contributed by atoms with Gasteiger partial charge in [0, 0.05) is 5.69 Å². The maximum Gasteiger partial charge on any atom is 0.267 e. The second-order valence-electron chi connectivity index (χ2n) is 8.59. The predicted octanol–water partition coefficient (Wildman–Crippen LogP) is 5.90. The van der Waals surface area contributed by atoms with Gasteiger partial charge >= 0.3 is 0 Å². The molecule has 26 heavy (non-hydrogen) atoms. The fourth-order valence-electron chi connectivity index (χ4n) is 2.71. The molecule has 1 amide bonds. The van der Waals surface area contributed by atoms with Crippen molar-refractivity contribution < 1.29 is 9.53 Å². The summed E-state index contributed by atoms with van der Waals surface area (Å²) in [5, 5.41) is 2.93. The standard InChI is InChI=1S/C23H31NO2/c1-16(2)17-13-14-20(19(15-17)22(3,4)5)26-23(6,7)21(25)24-18-11-9-8-10-12-18/h8-16H,1-7H3,(H,24,25). The Labute approximate surface area is 157 Å². The lowest BCUT2D eigenvalue weighted by Crippen LogP contribution is -2.43. The Morgan fingerprint density at radius 2 is 1.58 bits per heavy atom. The number of carbonyl (C=O) groups is 1. The number of nitrogens with one attached hydrogen (secondary N) is 1. The summed E-state index contributed by atoms with van der Waals surface area (Å²) in [6, 6.07) is 15.7. The third kappa shape index (κ3) is 4.87. The van der Waals surface area contributed by atoms with Crippen LogP contribution in [0.5, 0.6) is 5.75 Å². The molecule has 0 aliphatic carbocycles. The SMILES string of the molecule is CC(C)c1ccc(OC(C)(C)C(=O)Nc2ccccc2)c(C(C)(C)C)c1. The molecule has 2 rings (SSSR count). The molecule has 140 valence electrons. The van der Waals surface area contributed by atoms with E-state index in [4.69, 9.17) is 4.74 Å². The smallest absolute Gasteiger partial charge is 0.267 e. The van der Waals surface area contributed by atoms with Gasteiger partial charge in [0.1, 0.15) is 5.75 Å². The van der Waals surface area contributed by atoms with Gasteiger partial charge < -0.3 is 10.1 Å². The summed E-state index contributed by atoms with van der Waals surface area (Å²) in [5.41, 5.74) is 2.08. The molecular formula is C23H31NO2. The summed E-state index contributed by atoms with van der Waals surface area (Å²) in [5.74, 6) is 1.03. The van der Waals surface area contributed by atoms with E-state index in [0.717, 1.165) is 17.0 Å². The van der Waals surface area contributed by atoms with Crippen LogP contribution in [-0.4, -0.2) is 11.5 Å². The van der Waals surface area contributed by atoms with Crippen LogP contribution in [-0.2, 0) is 10.2 Å². The first-order valence-electron chi connectivity index (χ1n) is 9.20. The summed E-state index contributed by atoms with van der Waals surface area (Å²) < 4.78 is 6.22. The van der Waals surface area contributed by atoms with Crippen LogP contribution in [0.25, 0.3) is 0 Å². The minimum absolute atomic E-state index is 0.0772. The average molecular weight is 354 g/mol. The van der Waals surface area contributed by atoms with E-state index in [1.165, 1.54) is 5.56 Å². The predicted molar refractivity (Wildman–Crippen MR) is 109 cm³/mol. The molecule has 0 atom stereocenters. The molecule has 2 aromatic rings. The number of para-hydroxylation sites is 1. The van der Waals surface area contributed by atoms with Gasteiger partial charge in [0.25, 0.3) is 5.91 Å². The maximum atomic E-state index is 12.7. The monoisotopic (exact) mass is 353 g/mol. The molecule has 0 bridgehead atoms. The van der Waals surface area contributed by atoms with Crippen molar-refractivity contribution in [3.05, 3.63) is 59.7 Å². The van der Waals surface area contributed by atoms with E-state index in [0.29, 0.717) is 5.92 Å². The number of hydrogen-bond donors (Lipinski definition) is 1. The molecule has 2 aromatic carbocycles. The Bertz CT molecular complexity index is 756. The van der Waals surface area contributed by atoms with Crippen molar-refractivity contribution in [2.75, 3.05) is 5.32 Å². The van der Waals surface area contributed by atoms with Crippen LogP contribution in [0, 0.1) is 0 Å². The summed E-state index contributed by atoms with van der Waals surface area (Å²) >= 11 is 0. The second kappa shape index (κ2) is 7.53. The highest BCUT2D eigenvalue weighted by molar-refractivity contribution is 5.97. The molecule has 0 fully saturated rings. The molecule has 0 unspecified atom stereocenters. The first-order valence-corrected chi connectivity index (χ1v) is 9.20. The van der Waals surface area contributed by atoms with Crippen molar-refractivity contribution in [3.63, 3.8) is 0 Å². The zero-order chi connectivity index (χ0) is 19.5. The Balaban J connectivity index is 2.29. The van der Waals surface area contributed by atoms with Gasteiger partial charge in [-0.15, -0.1) is 0 Å². The van der Waals surface area contributed by atoms with Crippen molar-refractivity contribution >= 4 is 11.6 Å². The Morgan fingerprint density at radius 3 is 2.12 bits per heavy atom. The third-order valence-electron chi connectivity index (χ3n) is 4.42. The third-order valence-corrected chi connectivity index (χ3v) is 4.42. The van der Waals surface area contributed by atoms with Crippen LogP contribution in [0.1, 0.15) is 65.5 Å². The summed E-state index contributed by atoms with van der Waals surface area (Å²) in [6.45, 7) is 14.4. The molecule has 0 spiro atoms. The van der Waals surface area contributed by atoms with Gasteiger partial charge in [0.2, 0.25) is 0 Å². The van der Waals surface area contributed by atoms with Gasteiger partial charge in [-0.2, -0.15) is 0 Å². The van der Waals surface area contributed by atoms with Crippen molar-refractivity contribution in [3.8, 4) is 5.75 Å². The highest BCUT2D eigenvalue weighted by atomic mass is 16.5. The van der Waals surface area contributed by atoms with E-state index in [9.17, 15) is 4.79 Å². The number of carbonyl (C=O) groups excluding carboxylic acids is 1. The molecule has 1 N–H and O–H groups in total. The fourth-order valence-corrected chi connectivity index (χ4v) is 2.71. The first-order chi connectivity index (χ1) is 12.0. The first kappa shape index (κ1) is 20.0. The highest BCUT2D eigenvalue weighted by Crippen LogP contribution is 2.35. The van der Waals surface area contributed by atoms with Gasteiger partial charge in [-0.1, -0.05) is 65.0 Å². The van der Waals surface area contributed by atoms with Gasteiger partial charge in [-0.3, -0.25) is 4.79 Å². The normalized spacial score (nSPS) is 12.2. The lowest BCUT2D eigenvalue weighted by Gasteiger charge is -2.30. The van der Waals surface area contributed by atoms with Crippen molar-refractivity contribution in [1.82, 2.24) is 0 Å². The van der Waals surface area contributed by atoms with Crippen molar-refractivity contribution in [2.24, 2.45) is 0 Å². The van der Waals surface area contributed by atoms with Gasteiger partial charge in [0.05, 0.1) is 0 Å². The summed E-state index contributed by atoms with van der Waals surface area (Å²) in [6.07, 6.45) is 0. The van der Waals surface area contributed by atoms with Gasteiger partial charge in [0.15, 0.2) is 5.60 Å². The lowest BCUT2D eigenvalue weighted by atomic mass is 9.84. The molecule has 0 aliphatic rings. The largest absolute Gasteiger partial charge is 0.478 e. The number of ether oxygens (including phenoxy) is 1. The quantitative estimate of drug-likeness (QED) is 0.726. The van der Waals surface area contributed by atoms with Gasteiger partial charge in [-0.05, 0) is 54.5 Å². The molecule has 0 saturated carbocycles. The highest BCUT2D eigenvalue weighted by Gasteiger charge is 2.32. The molecule has 0 aromatic heterocycles. The van der Waals surface area contributed by atoms with E-state index in [1.54, 1.807) is 13.8 Å². The Hall–Kier alpha value is -2.29. The van der Waals surface area contributed by atoms with E-state index >= 15 is 0 Å². The number of hydrogen-bond acceptors (Lipinski definition) is 2. The van der Waals surface area contributed by atoms with Crippen LogP contribution in [0.4, 0.5) is 5.69 Å². The lowest BCUT2D eigenvalue weighted by molar-refractivity contribution is -0.128. The number of rotatable bonds is 5. The molecule has 0 saturated heterocycles. The van der Waals surface area contributed by atoms with Gasteiger partial charge in [-0.25, -0.2) is 0 Å². The van der Waals surface area contributed by atoms with Crippen LogP contribution in [0.3, 0.4) is 0 Å². The number of anilines is 1. The van der Waals surface area contributed by atoms with E-state index in [-0.39, 0.29) is 11.3 Å². The average Bonchev–Trinajstić information content (AvgIpc) is 2.54. The zero-order valence-electron chi connectivity index (χ0n) is 17.0. The fraction of sp³-hybridized carbons (Fsp3) is 0.435. The Kier molecular flexibility index (Phi) is 5.80. The van der Waals surface area contributed by atoms with Crippen LogP contribution in [0.2, 0.25) is 0 Å². The molecule has 3 heteroatoms. The molecule has 0 radical (unpaired) electrons. The topological polar surface area (TPSA) is 38.3 Å². The van der Waals surface area contributed by atoms with Crippen molar-refractivity contribution in [2.45, 2.75) is 65.4 Å². The molecule has 3 nitrogen and oxygen atoms in total. The van der Waals surface area contributed by atoms with E-state index in [2.05, 4.69) is 52.1 Å². The second-order valence-corrected chi connectivity index (χ2v) is 8.59. The van der Waals surface area contributed by atoms with Crippen molar-refractivity contribution in [1.29, 1.82) is 0 Å². The van der Waals surface area contributed by atoms with Crippen LogP contribution >= 0.6 is 0 Å². The molecular weight excluding hydrogens is 322 g/mol. The number of benzene rings is 2. The minimum Gasteiger partial charge on any atom is -0.478 e. The summed E-state index contributed by atoms with van der Waals surface area (Å²) in [7, 11) is 0. The van der Waals surface area contributed by atoms with Crippen LogP contribution < -0.4 is 10.1 Å². The van der Waals surface area contributed by atoms with Crippen LogP contribution in [0.15, 0.2) is 48.5 Å². The minimum atomic E-state index is -0.991. The molecule has 0 heterocycles. The number of amides is 1. The Morgan fingerprint density at radius 1 is 0.962 bits per heavy atom. The zero-order valence-corrected chi connectivity index (χ0v) is 17.0. The van der Waals surface area contributed by atoms with E-state index < -0.39 is 5.60 Å².